The summed E-state index contributed by atoms with van der Waals surface area (Å²) in [7, 11) is -3.75. The minimum atomic E-state index is -3.75. The number of rotatable bonds is 8. The van der Waals surface area contributed by atoms with Gasteiger partial charge in [-0.2, -0.15) is 4.31 Å². The highest BCUT2D eigenvalue weighted by Crippen LogP contribution is 2.30. The molecule has 8 nitrogen and oxygen atoms in total. The van der Waals surface area contributed by atoms with E-state index in [-0.39, 0.29) is 16.3 Å². The third kappa shape index (κ3) is 4.23. The number of benzene rings is 1. The number of carbonyl (C=O) groups excluding carboxylic acids is 1. The fraction of sp³-hybridized carbons (Fsp3) is 0.412. The SMILES string of the molecule is CCOc1ccc(NC(=O)c2cc(C)on2)cc1S(=O)(=O)N(CC)CC. The van der Waals surface area contributed by atoms with Crippen molar-refractivity contribution < 1.29 is 22.5 Å². The van der Waals surface area contributed by atoms with E-state index in [2.05, 4.69) is 10.5 Å². The molecule has 0 aliphatic carbocycles. The molecule has 0 spiro atoms. The van der Waals surface area contributed by atoms with Gasteiger partial charge >= 0.3 is 0 Å². The second kappa shape index (κ2) is 8.33. The fourth-order valence-corrected chi connectivity index (χ4v) is 4.05. The van der Waals surface area contributed by atoms with Crippen molar-refractivity contribution in [3.05, 3.63) is 35.7 Å². The highest BCUT2D eigenvalue weighted by atomic mass is 32.2. The number of ether oxygens (including phenoxy) is 1. The van der Waals surface area contributed by atoms with Crippen LogP contribution in [-0.2, 0) is 10.0 Å². The van der Waals surface area contributed by atoms with Gasteiger partial charge in [-0.25, -0.2) is 8.42 Å². The van der Waals surface area contributed by atoms with Crippen molar-refractivity contribution in [2.24, 2.45) is 0 Å². The second-order valence-corrected chi connectivity index (χ2v) is 7.37. The first-order chi connectivity index (χ1) is 12.3. The number of nitrogens with zero attached hydrogens (tertiary/aromatic N) is 2. The molecule has 26 heavy (non-hydrogen) atoms. The van der Waals surface area contributed by atoms with Gasteiger partial charge in [-0.15, -0.1) is 0 Å². The van der Waals surface area contributed by atoms with E-state index in [4.69, 9.17) is 9.26 Å². The molecule has 0 unspecified atom stereocenters. The van der Waals surface area contributed by atoms with E-state index in [1.807, 2.05) is 0 Å². The highest BCUT2D eigenvalue weighted by molar-refractivity contribution is 7.89. The molecule has 0 aliphatic rings. The maximum Gasteiger partial charge on any atom is 0.277 e. The lowest BCUT2D eigenvalue weighted by Gasteiger charge is -2.21. The van der Waals surface area contributed by atoms with Crippen LogP contribution >= 0.6 is 0 Å². The standard InChI is InChI=1S/C17H23N3O5S/c1-5-20(6-2)26(22,23)16-11-13(8-9-15(16)24-7-3)18-17(21)14-10-12(4)25-19-14/h8-11H,5-7H2,1-4H3,(H,18,21). The van der Waals surface area contributed by atoms with Crippen LogP contribution in [0.15, 0.2) is 33.7 Å². The number of anilines is 1. The number of aryl methyl sites for hydroxylation is 1. The van der Waals surface area contributed by atoms with Gasteiger partial charge in [0.15, 0.2) is 5.69 Å². The molecule has 2 aromatic rings. The van der Waals surface area contributed by atoms with Crippen molar-refractivity contribution in [1.82, 2.24) is 9.46 Å². The summed E-state index contributed by atoms with van der Waals surface area (Å²) < 4.78 is 37.5. The molecule has 9 heteroatoms. The monoisotopic (exact) mass is 381 g/mol. The number of carbonyl (C=O) groups is 1. The Bertz CT molecular complexity index is 872. The summed E-state index contributed by atoms with van der Waals surface area (Å²) in [6.07, 6.45) is 0. The van der Waals surface area contributed by atoms with Gasteiger partial charge in [0.2, 0.25) is 10.0 Å². The molecule has 1 aromatic heterocycles. The number of sulfonamides is 1. The van der Waals surface area contributed by atoms with E-state index < -0.39 is 15.9 Å². The largest absolute Gasteiger partial charge is 0.492 e. The molecule has 0 saturated carbocycles. The van der Waals surface area contributed by atoms with Crippen molar-refractivity contribution in [1.29, 1.82) is 0 Å². The number of hydrogen-bond donors (Lipinski definition) is 1. The molecule has 1 amide bonds. The summed E-state index contributed by atoms with van der Waals surface area (Å²) in [5.41, 5.74) is 0.439. The van der Waals surface area contributed by atoms with Gasteiger partial charge in [-0.1, -0.05) is 19.0 Å². The smallest absolute Gasteiger partial charge is 0.277 e. The van der Waals surface area contributed by atoms with Gasteiger partial charge in [0, 0.05) is 24.8 Å². The van der Waals surface area contributed by atoms with Crippen LogP contribution in [0.2, 0.25) is 0 Å². The Balaban J connectivity index is 2.40. The van der Waals surface area contributed by atoms with Crippen LogP contribution in [-0.4, -0.2) is 43.5 Å². The molecule has 0 atom stereocenters. The molecule has 0 aliphatic heterocycles. The zero-order valence-electron chi connectivity index (χ0n) is 15.3. The molecule has 0 fully saturated rings. The quantitative estimate of drug-likeness (QED) is 0.754. The first kappa shape index (κ1) is 19.9. The lowest BCUT2D eigenvalue weighted by atomic mass is 10.3. The van der Waals surface area contributed by atoms with Crippen LogP contribution < -0.4 is 10.1 Å². The van der Waals surface area contributed by atoms with Gasteiger partial charge < -0.3 is 14.6 Å². The predicted octanol–water partition coefficient (Wildman–Crippen LogP) is 2.66. The van der Waals surface area contributed by atoms with Gasteiger partial charge in [-0.05, 0) is 32.0 Å². The number of amides is 1. The normalized spacial score (nSPS) is 11.6. The van der Waals surface area contributed by atoms with Crippen LogP contribution in [0.4, 0.5) is 5.69 Å². The second-order valence-electron chi connectivity index (χ2n) is 5.46. The summed E-state index contributed by atoms with van der Waals surface area (Å²) in [5, 5.41) is 6.27. The fourth-order valence-electron chi connectivity index (χ4n) is 2.43. The van der Waals surface area contributed by atoms with Crippen LogP contribution in [0.3, 0.4) is 0 Å². The summed E-state index contributed by atoms with van der Waals surface area (Å²) in [5.74, 6) is 0.263. The first-order valence-electron chi connectivity index (χ1n) is 8.35. The molecule has 0 saturated heterocycles. The van der Waals surface area contributed by atoms with Gasteiger partial charge in [0.1, 0.15) is 16.4 Å². The lowest BCUT2D eigenvalue weighted by molar-refractivity contribution is 0.101. The Kier molecular flexibility index (Phi) is 6.38. The molecule has 1 aromatic carbocycles. The highest BCUT2D eigenvalue weighted by Gasteiger charge is 2.26. The molecule has 1 heterocycles. The lowest BCUT2D eigenvalue weighted by Crippen LogP contribution is -2.31. The Labute approximate surface area is 153 Å². The maximum atomic E-state index is 12.9. The Morgan fingerprint density at radius 1 is 1.23 bits per heavy atom. The Morgan fingerprint density at radius 2 is 1.92 bits per heavy atom. The average Bonchev–Trinajstić information content (AvgIpc) is 3.04. The topological polar surface area (TPSA) is 102 Å². The molecule has 0 bridgehead atoms. The average molecular weight is 381 g/mol. The van der Waals surface area contributed by atoms with Crippen LogP contribution in [0, 0.1) is 6.92 Å². The number of nitrogens with one attached hydrogen (secondary N) is 1. The van der Waals surface area contributed by atoms with E-state index >= 15 is 0 Å². The Morgan fingerprint density at radius 3 is 2.46 bits per heavy atom. The van der Waals surface area contributed by atoms with E-state index in [9.17, 15) is 13.2 Å². The number of aromatic nitrogens is 1. The van der Waals surface area contributed by atoms with Crippen LogP contribution in [0.1, 0.15) is 37.0 Å². The van der Waals surface area contributed by atoms with Crippen molar-refractivity contribution >= 4 is 21.6 Å². The molecule has 1 N–H and O–H groups in total. The third-order valence-corrected chi connectivity index (χ3v) is 5.76. The molecule has 0 radical (unpaired) electrons. The summed E-state index contributed by atoms with van der Waals surface area (Å²) in [6, 6.07) is 6.00. The van der Waals surface area contributed by atoms with Gasteiger partial charge in [-0.3, -0.25) is 4.79 Å². The molecular weight excluding hydrogens is 358 g/mol. The zero-order chi connectivity index (χ0) is 19.3. The molecule has 2 rings (SSSR count). The molecular formula is C17H23N3O5S. The predicted molar refractivity (Wildman–Crippen MR) is 96.9 cm³/mol. The van der Waals surface area contributed by atoms with E-state index in [0.29, 0.717) is 31.1 Å². The van der Waals surface area contributed by atoms with E-state index in [1.54, 1.807) is 33.8 Å². The summed E-state index contributed by atoms with van der Waals surface area (Å²) in [6.45, 7) is 7.97. The van der Waals surface area contributed by atoms with Crippen molar-refractivity contribution in [3.63, 3.8) is 0 Å². The van der Waals surface area contributed by atoms with Gasteiger partial charge in [0.05, 0.1) is 6.61 Å². The minimum Gasteiger partial charge on any atom is -0.492 e. The first-order valence-corrected chi connectivity index (χ1v) is 9.79. The molecule has 142 valence electrons. The summed E-state index contributed by atoms with van der Waals surface area (Å²) >= 11 is 0. The minimum absolute atomic E-state index is 0.0113. The van der Waals surface area contributed by atoms with Crippen molar-refractivity contribution in [2.45, 2.75) is 32.6 Å². The van der Waals surface area contributed by atoms with Crippen LogP contribution in [0.25, 0.3) is 0 Å². The Hall–Kier alpha value is -2.39. The maximum absolute atomic E-state index is 12.9. The van der Waals surface area contributed by atoms with Crippen molar-refractivity contribution in [2.75, 3.05) is 25.0 Å². The van der Waals surface area contributed by atoms with Crippen molar-refractivity contribution in [3.8, 4) is 5.75 Å². The van der Waals surface area contributed by atoms with Crippen LogP contribution in [0.5, 0.6) is 5.75 Å². The number of hydrogen-bond acceptors (Lipinski definition) is 6. The zero-order valence-corrected chi connectivity index (χ0v) is 16.1. The van der Waals surface area contributed by atoms with E-state index in [1.165, 1.54) is 22.5 Å². The third-order valence-electron chi connectivity index (χ3n) is 3.69. The summed E-state index contributed by atoms with van der Waals surface area (Å²) in [4.78, 5) is 12.2. The van der Waals surface area contributed by atoms with E-state index in [0.717, 1.165) is 0 Å². The van der Waals surface area contributed by atoms with Gasteiger partial charge in [0.25, 0.3) is 5.91 Å².